The van der Waals surface area contributed by atoms with Crippen molar-refractivity contribution in [2.75, 3.05) is 5.32 Å². The van der Waals surface area contributed by atoms with E-state index >= 15 is 0 Å². The molecule has 0 aliphatic rings. The highest BCUT2D eigenvalue weighted by Gasteiger charge is 2.32. The number of ether oxygens (including phenoxy) is 1. The smallest absolute Gasteiger partial charge is 0.416 e. The predicted octanol–water partition coefficient (Wildman–Crippen LogP) is 7.89. The number of benzene rings is 3. The molecule has 0 aliphatic carbocycles. The number of alkyl halides is 3. The Morgan fingerprint density at radius 3 is 2.22 bits per heavy atom. The van der Waals surface area contributed by atoms with Crippen LogP contribution in [0.3, 0.4) is 0 Å². The van der Waals surface area contributed by atoms with Crippen LogP contribution >= 0.6 is 11.6 Å². The van der Waals surface area contributed by atoms with E-state index in [1.165, 1.54) is 6.07 Å². The Morgan fingerprint density at radius 1 is 0.938 bits per heavy atom. The summed E-state index contributed by atoms with van der Waals surface area (Å²) in [5.41, 5.74) is 0.252. The van der Waals surface area contributed by atoms with Crippen LogP contribution in [0.4, 0.5) is 18.9 Å². The molecule has 3 aromatic rings. The average Bonchev–Trinajstić information content (AvgIpc) is 2.75. The standard InChI is InChI=1S/C25H22ClF3N2O/c1-16(2)24(31-23-12-11-18(14-22(23)26)25(27,28)29)21(15-30)17-7-6-10-20(13-17)32-19-8-4-3-5-9-19/h3-14,16,21,24,31H,1-2H3. The third kappa shape index (κ3) is 5.74. The van der Waals surface area contributed by atoms with Crippen LogP contribution in [0.5, 0.6) is 11.5 Å². The summed E-state index contributed by atoms with van der Waals surface area (Å²) >= 11 is 6.13. The van der Waals surface area contributed by atoms with Crippen LogP contribution in [0.1, 0.15) is 30.9 Å². The molecule has 7 heteroatoms. The number of hydrogen-bond donors (Lipinski definition) is 1. The Labute approximate surface area is 190 Å². The minimum absolute atomic E-state index is 0.0169. The molecule has 166 valence electrons. The summed E-state index contributed by atoms with van der Waals surface area (Å²) in [4.78, 5) is 0. The van der Waals surface area contributed by atoms with Gasteiger partial charge in [0.05, 0.1) is 28.3 Å². The molecule has 0 aliphatic heterocycles. The van der Waals surface area contributed by atoms with E-state index in [-0.39, 0.29) is 10.9 Å². The van der Waals surface area contributed by atoms with Gasteiger partial charge in [0.25, 0.3) is 0 Å². The summed E-state index contributed by atoms with van der Waals surface area (Å²) in [6, 6.07) is 21.6. The lowest BCUT2D eigenvalue weighted by Crippen LogP contribution is -2.32. The lowest BCUT2D eigenvalue weighted by atomic mass is 9.85. The molecule has 0 spiro atoms. The third-order valence-corrected chi connectivity index (χ3v) is 5.34. The number of halogens is 4. The molecule has 2 unspecified atom stereocenters. The fraction of sp³-hybridized carbons (Fsp3) is 0.240. The van der Waals surface area contributed by atoms with Crippen LogP contribution in [-0.4, -0.2) is 6.04 Å². The Morgan fingerprint density at radius 2 is 1.62 bits per heavy atom. The van der Waals surface area contributed by atoms with Crippen molar-refractivity contribution >= 4 is 17.3 Å². The molecular formula is C25H22ClF3N2O. The monoisotopic (exact) mass is 458 g/mol. The lowest BCUT2D eigenvalue weighted by Gasteiger charge is -2.29. The zero-order valence-corrected chi connectivity index (χ0v) is 18.3. The van der Waals surface area contributed by atoms with E-state index in [2.05, 4.69) is 11.4 Å². The minimum atomic E-state index is -4.48. The maximum Gasteiger partial charge on any atom is 0.416 e. The number of rotatable bonds is 7. The molecule has 1 N–H and O–H groups in total. The first-order valence-electron chi connectivity index (χ1n) is 10.0. The van der Waals surface area contributed by atoms with Crippen LogP contribution < -0.4 is 10.1 Å². The third-order valence-electron chi connectivity index (χ3n) is 5.03. The van der Waals surface area contributed by atoms with Gasteiger partial charge in [-0.05, 0) is 53.9 Å². The first-order valence-corrected chi connectivity index (χ1v) is 10.4. The second-order valence-electron chi connectivity index (χ2n) is 7.70. The summed E-state index contributed by atoms with van der Waals surface area (Å²) in [6.07, 6.45) is -4.48. The molecule has 0 radical (unpaired) electrons. The Balaban J connectivity index is 1.87. The number of nitrogens with zero attached hydrogens (tertiary/aromatic N) is 1. The highest BCUT2D eigenvalue weighted by molar-refractivity contribution is 6.33. The van der Waals surface area contributed by atoms with Crippen molar-refractivity contribution < 1.29 is 17.9 Å². The van der Waals surface area contributed by atoms with E-state index in [9.17, 15) is 18.4 Å². The number of anilines is 1. The van der Waals surface area contributed by atoms with Crippen molar-refractivity contribution in [3.8, 4) is 17.6 Å². The Kier molecular flexibility index (Phi) is 7.32. The summed E-state index contributed by atoms with van der Waals surface area (Å²) in [5.74, 6) is 0.654. The largest absolute Gasteiger partial charge is 0.457 e. The number of hydrogen-bond acceptors (Lipinski definition) is 3. The molecular weight excluding hydrogens is 437 g/mol. The van der Waals surface area contributed by atoms with Gasteiger partial charge >= 0.3 is 6.18 Å². The van der Waals surface area contributed by atoms with Gasteiger partial charge in [-0.15, -0.1) is 0 Å². The van der Waals surface area contributed by atoms with Gasteiger partial charge in [-0.25, -0.2) is 0 Å². The van der Waals surface area contributed by atoms with Gasteiger partial charge in [-0.3, -0.25) is 0 Å². The zero-order chi connectivity index (χ0) is 23.3. The van der Waals surface area contributed by atoms with E-state index in [4.69, 9.17) is 16.3 Å². The van der Waals surface area contributed by atoms with Crippen molar-refractivity contribution in [2.45, 2.75) is 32.0 Å². The molecule has 3 rings (SSSR count). The maximum absolute atomic E-state index is 13.0. The van der Waals surface area contributed by atoms with Crippen molar-refractivity contribution in [3.63, 3.8) is 0 Å². The fourth-order valence-corrected chi connectivity index (χ4v) is 3.62. The Hall–Kier alpha value is -3.17. The zero-order valence-electron chi connectivity index (χ0n) is 17.5. The van der Waals surface area contributed by atoms with E-state index < -0.39 is 23.7 Å². The van der Waals surface area contributed by atoms with Gasteiger partial charge in [-0.2, -0.15) is 18.4 Å². The first kappa shape index (κ1) is 23.5. The van der Waals surface area contributed by atoms with Crippen LogP contribution in [0.25, 0.3) is 0 Å². The molecule has 3 aromatic carbocycles. The SMILES string of the molecule is CC(C)C(Nc1ccc(C(F)(F)F)cc1Cl)C(C#N)c1cccc(Oc2ccccc2)c1. The average molecular weight is 459 g/mol. The van der Waals surface area contributed by atoms with Gasteiger partial charge in [0.15, 0.2) is 0 Å². The van der Waals surface area contributed by atoms with Crippen LogP contribution in [-0.2, 0) is 6.18 Å². The van der Waals surface area contributed by atoms with Crippen LogP contribution in [0.15, 0.2) is 72.8 Å². The van der Waals surface area contributed by atoms with E-state index in [1.807, 2.05) is 50.2 Å². The molecule has 0 amide bonds. The fourth-order valence-electron chi connectivity index (χ4n) is 3.38. The van der Waals surface area contributed by atoms with E-state index in [0.717, 1.165) is 17.7 Å². The summed E-state index contributed by atoms with van der Waals surface area (Å²) in [6.45, 7) is 3.87. The number of nitrogens with one attached hydrogen (secondary N) is 1. The maximum atomic E-state index is 13.0. The Bertz CT molecular complexity index is 1090. The summed E-state index contributed by atoms with van der Waals surface area (Å²) in [5, 5.41) is 13.1. The van der Waals surface area contributed by atoms with E-state index in [1.54, 1.807) is 18.2 Å². The van der Waals surface area contributed by atoms with Gasteiger partial charge in [-0.1, -0.05) is 55.8 Å². The first-order chi connectivity index (χ1) is 15.2. The second-order valence-corrected chi connectivity index (χ2v) is 8.11. The van der Waals surface area contributed by atoms with Gasteiger partial charge in [0.2, 0.25) is 0 Å². The molecule has 0 saturated carbocycles. The summed E-state index contributed by atoms with van der Waals surface area (Å²) < 4.78 is 44.7. The highest BCUT2D eigenvalue weighted by atomic mass is 35.5. The molecule has 3 nitrogen and oxygen atoms in total. The van der Waals surface area contributed by atoms with Crippen LogP contribution in [0, 0.1) is 17.2 Å². The van der Waals surface area contributed by atoms with Crippen LogP contribution in [0.2, 0.25) is 5.02 Å². The molecule has 0 aromatic heterocycles. The van der Waals surface area contributed by atoms with Crippen molar-refractivity contribution in [1.82, 2.24) is 0 Å². The van der Waals surface area contributed by atoms with Crippen molar-refractivity contribution in [1.29, 1.82) is 5.26 Å². The second kappa shape index (κ2) is 9.97. The van der Waals surface area contributed by atoms with Crippen molar-refractivity contribution in [2.24, 2.45) is 5.92 Å². The normalized spacial score (nSPS) is 13.3. The topological polar surface area (TPSA) is 45.0 Å². The number of nitriles is 1. The minimum Gasteiger partial charge on any atom is -0.457 e. The predicted molar refractivity (Wildman–Crippen MR) is 120 cm³/mol. The molecule has 2 atom stereocenters. The number of para-hydroxylation sites is 1. The van der Waals surface area contributed by atoms with Gasteiger partial charge in [0.1, 0.15) is 11.5 Å². The molecule has 0 fully saturated rings. The van der Waals surface area contributed by atoms with Gasteiger partial charge < -0.3 is 10.1 Å². The van der Waals surface area contributed by atoms with Gasteiger partial charge in [0, 0.05) is 6.04 Å². The lowest BCUT2D eigenvalue weighted by molar-refractivity contribution is -0.137. The summed E-state index contributed by atoms with van der Waals surface area (Å²) in [7, 11) is 0. The highest BCUT2D eigenvalue weighted by Crippen LogP contribution is 2.36. The molecule has 0 saturated heterocycles. The van der Waals surface area contributed by atoms with Crippen molar-refractivity contribution in [3.05, 3.63) is 88.9 Å². The molecule has 0 bridgehead atoms. The van der Waals surface area contributed by atoms with E-state index in [0.29, 0.717) is 17.2 Å². The molecule has 32 heavy (non-hydrogen) atoms. The quantitative estimate of drug-likeness (QED) is 0.391. The molecule has 0 heterocycles.